The van der Waals surface area contributed by atoms with Crippen LogP contribution in [0.25, 0.3) is 0 Å². The van der Waals surface area contributed by atoms with Gasteiger partial charge in [-0.15, -0.1) is 0 Å². The topological polar surface area (TPSA) is 56.1 Å². The summed E-state index contributed by atoms with van der Waals surface area (Å²) in [6.45, 7) is 3.47. The smallest absolute Gasteiger partial charge is 0.106 e. The van der Waals surface area contributed by atoms with Crippen molar-refractivity contribution in [3.63, 3.8) is 0 Å². The number of aliphatic hydroxyl groups is 1. The minimum Gasteiger partial charge on any atom is -0.388 e. The molecule has 0 radical (unpaired) electrons. The fraction of sp³-hybridized carbons (Fsp3) is 0.364. The fourth-order valence-electron chi connectivity index (χ4n) is 1.32. The molecule has 0 aliphatic carbocycles. The molecular weight excluding hydrogens is 256 g/mol. The molecule has 1 aromatic rings. The predicted octanol–water partition coefficient (Wildman–Crippen LogP) is 2.68. The Balaban J connectivity index is 3.25. The largest absolute Gasteiger partial charge is 0.388 e. The van der Waals surface area contributed by atoms with E-state index in [0.29, 0.717) is 4.62 Å². The average molecular weight is 271 g/mol. The van der Waals surface area contributed by atoms with Crippen molar-refractivity contribution in [2.24, 2.45) is 0 Å². The van der Waals surface area contributed by atoms with Gasteiger partial charge in [-0.25, -0.2) is 0 Å². The first-order valence-corrected chi connectivity index (χ1v) is 5.44. The Morgan fingerprint density at radius 1 is 1.47 bits per heavy atom. The number of anilines is 1. The molecule has 1 rings (SSSR count). The van der Waals surface area contributed by atoms with E-state index in [1.165, 1.54) is 0 Å². The second kappa shape index (κ2) is 4.33. The highest BCUT2D eigenvalue weighted by atomic mass is 79.9. The standard InChI is InChI=1S/C11H15BrN2O/c1-11(2,15)7-4-5-8(10(12)13)9(6-7)14-3/h4-6,13-15H,1-3H3. The molecule has 0 fully saturated rings. The van der Waals surface area contributed by atoms with Crippen LogP contribution in [-0.4, -0.2) is 16.8 Å². The van der Waals surface area contributed by atoms with Crippen LogP contribution < -0.4 is 5.32 Å². The zero-order valence-corrected chi connectivity index (χ0v) is 10.6. The Labute approximate surface area is 98.2 Å². The zero-order valence-electron chi connectivity index (χ0n) is 9.06. The highest BCUT2D eigenvalue weighted by Crippen LogP contribution is 2.26. The van der Waals surface area contributed by atoms with Gasteiger partial charge in [-0.1, -0.05) is 6.07 Å². The summed E-state index contributed by atoms with van der Waals surface area (Å²) in [6, 6.07) is 5.49. The summed E-state index contributed by atoms with van der Waals surface area (Å²) in [7, 11) is 1.79. The van der Waals surface area contributed by atoms with Crippen LogP contribution in [0.3, 0.4) is 0 Å². The van der Waals surface area contributed by atoms with E-state index in [1.807, 2.05) is 18.2 Å². The third-order valence-electron chi connectivity index (χ3n) is 2.23. The highest BCUT2D eigenvalue weighted by molar-refractivity contribution is 9.18. The monoisotopic (exact) mass is 270 g/mol. The van der Waals surface area contributed by atoms with E-state index in [9.17, 15) is 5.11 Å². The molecule has 0 aliphatic heterocycles. The summed E-state index contributed by atoms with van der Waals surface area (Å²) in [4.78, 5) is 0. The van der Waals surface area contributed by atoms with E-state index >= 15 is 0 Å². The second-order valence-electron chi connectivity index (χ2n) is 3.88. The van der Waals surface area contributed by atoms with Crippen LogP contribution >= 0.6 is 15.9 Å². The first kappa shape index (κ1) is 12.2. The van der Waals surface area contributed by atoms with E-state index < -0.39 is 5.60 Å². The normalized spacial score (nSPS) is 11.3. The van der Waals surface area contributed by atoms with E-state index in [2.05, 4.69) is 21.2 Å². The summed E-state index contributed by atoms with van der Waals surface area (Å²) in [6.07, 6.45) is 0. The van der Waals surface area contributed by atoms with Gasteiger partial charge in [-0.2, -0.15) is 0 Å². The third-order valence-corrected chi connectivity index (χ3v) is 2.66. The molecule has 15 heavy (non-hydrogen) atoms. The van der Waals surface area contributed by atoms with Gasteiger partial charge < -0.3 is 10.4 Å². The average Bonchev–Trinajstić information content (AvgIpc) is 2.15. The van der Waals surface area contributed by atoms with Gasteiger partial charge >= 0.3 is 0 Å². The lowest BCUT2D eigenvalue weighted by Gasteiger charge is -2.19. The maximum Gasteiger partial charge on any atom is 0.106 e. The van der Waals surface area contributed by atoms with E-state index in [4.69, 9.17) is 5.41 Å². The van der Waals surface area contributed by atoms with Crippen molar-refractivity contribution in [2.45, 2.75) is 19.4 Å². The van der Waals surface area contributed by atoms with Crippen molar-refractivity contribution < 1.29 is 5.11 Å². The lowest BCUT2D eigenvalue weighted by molar-refractivity contribution is 0.0786. The SMILES string of the molecule is CNc1cc(C(C)(C)O)ccc1C(=N)Br. The summed E-state index contributed by atoms with van der Waals surface area (Å²) in [5, 5.41) is 20.4. The molecule has 0 aromatic heterocycles. The fourth-order valence-corrected chi connectivity index (χ4v) is 1.67. The molecule has 0 bridgehead atoms. The van der Waals surface area contributed by atoms with E-state index in [1.54, 1.807) is 20.9 Å². The maximum atomic E-state index is 9.85. The number of benzene rings is 1. The molecule has 0 unspecified atom stereocenters. The number of hydrogen-bond donors (Lipinski definition) is 3. The van der Waals surface area contributed by atoms with Gasteiger partial charge in [0.25, 0.3) is 0 Å². The third kappa shape index (κ3) is 2.79. The number of halogens is 1. The van der Waals surface area contributed by atoms with Crippen LogP contribution in [0.1, 0.15) is 25.0 Å². The maximum absolute atomic E-state index is 9.85. The van der Waals surface area contributed by atoms with Crippen LogP contribution in [0.4, 0.5) is 5.69 Å². The summed E-state index contributed by atoms with van der Waals surface area (Å²) >= 11 is 3.13. The Bertz CT molecular complexity index is 383. The molecule has 0 spiro atoms. The molecule has 0 aliphatic rings. The number of rotatable bonds is 3. The molecule has 3 N–H and O–H groups in total. The van der Waals surface area contributed by atoms with E-state index in [0.717, 1.165) is 16.8 Å². The van der Waals surface area contributed by atoms with Crippen molar-refractivity contribution in [1.82, 2.24) is 0 Å². The lowest BCUT2D eigenvalue weighted by atomic mass is 9.96. The Morgan fingerprint density at radius 3 is 2.47 bits per heavy atom. The minimum atomic E-state index is -0.862. The second-order valence-corrected chi connectivity index (χ2v) is 4.68. The van der Waals surface area contributed by atoms with E-state index in [-0.39, 0.29) is 0 Å². The zero-order chi connectivity index (χ0) is 11.6. The number of nitrogens with one attached hydrogen (secondary N) is 2. The molecule has 0 saturated heterocycles. The molecule has 0 amide bonds. The first-order chi connectivity index (χ1) is 6.86. The molecule has 4 heteroatoms. The lowest BCUT2D eigenvalue weighted by Crippen LogP contribution is -2.16. The summed E-state index contributed by atoms with van der Waals surface area (Å²) in [5.41, 5.74) is 1.57. The predicted molar refractivity (Wildman–Crippen MR) is 67.0 cm³/mol. The van der Waals surface area contributed by atoms with Crippen molar-refractivity contribution in [3.8, 4) is 0 Å². The van der Waals surface area contributed by atoms with Gasteiger partial charge in [0.1, 0.15) is 4.62 Å². The minimum absolute atomic E-state index is 0.328. The molecule has 0 atom stereocenters. The van der Waals surface area contributed by atoms with Crippen molar-refractivity contribution in [1.29, 1.82) is 5.41 Å². The van der Waals surface area contributed by atoms with Crippen LogP contribution in [0, 0.1) is 5.41 Å². The number of hydrogen-bond acceptors (Lipinski definition) is 3. The molecule has 1 aromatic carbocycles. The van der Waals surface area contributed by atoms with Crippen LogP contribution in [0.5, 0.6) is 0 Å². The molecule has 0 saturated carbocycles. The van der Waals surface area contributed by atoms with Crippen molar-refractivity contribution in [3.05, 3.63) is 29.3 Å². The van der Waals surface area contributed by atoms with Crippen molar-refractivity contribution >= 4 is 26.2 Å². The van der Waals surface area contributed by atoms with Gasteiger partial charge in [0, 0.05) is 18.3 Å². The molecular formula is C11H15BrN2O. The van der Waals surface area contributed by atoms with Crippen LogP contribution in [0.2, 0.25) is 0 Å². The molecule has 0 heterocycles. The quantitative estimate of drug-likeness (QED) is 0.740. The molecule has 82 valence electrons. The first-order valence-electron chi connectivity index (χ1n) is 4.65. The van der Waals surface area contributed by atoms with Crippen LogP contribution in [0.15, 0.2) is 18.2 Å². The van der Waals surface area contributed by atoms with Gasteiger partial charge in [0.15, 0.2) is 0 Å². The highest BCUT2D eigenvalue weighted by Gasteiger charge is 2.17. The van der Waals surface area contributed by atoms with Crippen molar-refractivity contribution in [2.75, 3.05) is 12.4 Å². The molecule has 3 nitrogen and oxygen atoms in total. The summed E-state index contributed by atoms with van der Waals surface area (Å²) in [5.74, 6) is 0. The Morgan fingerprint density at radius 2 is 2.07 bits per heavy atom. The Kier molecular flexibility index (Phi) is 3.52. The van der Waals surface area contributed by atoms with Crippen LogP contribution in [-0.2, 0) is 5.60 Å². The van der Waals surface area contributed by atoms with Gasteiger partial charge in [-0.3, -0.25) is 5.41 Å². The summed E-state index contributed by atoms with van der Waals surface area (Å²) < 4.78 is 0.328. The van der Waals surface area contributed by atoms with Gasteiger partial charge in [-0.05, 0) is 47.5 Å². The Hall–Kier alpha value is -0.870. The van der Waals surface area contributed by atoms with Gasteiger partial charge in [0.05, 0.1) is 5.60 Å². The van der Waals surface area contributed by atoms with Gasteiger partial charge in [0.2, 0.25) is 0 Å².